The van der Waals surface area contributed by atoms with Gasteiger partial charge >= 0.3 is 0 Å². The van der Waals surface area contributed by atoms with Crippen LogP contribution in [0.5, 0.6) is 0 Å². The first-order chi connectivity index (χ1) is 9.80. The molecule has 0 aliphatic carbocycles. The number of halogens is 2. The molecule has 21 heavy (non-hydrogen) atoms. The molecule has 3 nitrogen and oxygen atoms in total. The Morgan fingerprint density at radius 2 is 1.81 bits per heavy atom. The Hall–Kier alpha value is -1.88. The van der Waals surface area contributed by atoms with Crippen LogP contribution in [0.1, 0.15) is 19.4 Å². The summed E-state index contributed by atoms with van der Waals surface area (Å²) in [6.07, 6.45) is 0. The van der Waals surface area contributed by atoms with Crippen molar-refractivity contribution in [3.63, 3.8) is 0 Å². The van der Waals surface area contributed by atoms with Gasteiger partial charge in [-0.05, 0) is 65.7 Å². The van der Waals surface area contributed by atoms with Gasteiger partial charge in [-0.2, -0.15) is 0 Å². The molecule has 2 rings (SSSR count). The summed E-state index contributed by atoms with van der Waals surface area (Å²) in [5, 5.41) is 2.73. The standard InChI is InChI=1S/C16H16BrFN2O/c1-16(2,10-3-5-11(19)6-4-10)15(21)20-12-7-8-13(17)14(18)9-12/h3-9H,19H2,1-2H3,(H,20,21). The number of benzene rings is 2. The Labute approximate surface area is 131 Å². The lowest BCUT2D eigenvalue weighted by Crippen LogP contribution is -2.34. The van der Waals surface area contributed by atoms with E-state index < -0.39 is 11.2 Å². The lowest BCUT2D eigenvalue weighted by Gasteiger charge is -2.24. The number of hydrogen-bond acceptors (Lipinski definition) is 2. The SMILES string of the molecule is CC(C)(C(=O)Nc1ccc(Br)c(F)c1)c1ccc(N)cc1. The van der Waals surface area contributed by atoms with Crippen LogP contribution in [0, 0.1) is 5.82 Å². The minimum atomic E-state index is -0.753. The second-order valence-electron chi connectivity index (χ2n) is 5.33. The van der Waals surface area contributed by atoms with E-state index >= 15 is 0 Å². The molecule has 0 saturated heterocycles. The lowest BCUT2D eigenvalue weighted by atomic mass is 9.83. The predicted molar refractivity (Wildman–Crippen MR) is 86.6 cm³/mol. The molecule has 0 saturated carbocycles. The monoisotopic (exact) mass is 350 g/mol. The first kappa shape index (κ1) is 15.5. The Kier molecular flexibility index (Phi) is 4.32. The molecule has 0 fully saturated rings. The van der Waals surface area contributed by atoms with Gasteiger partial charge in [0.05, 0.1) is 9.89 Å². The molecule has 110 valence electrons. The van der Waals surface area contributed by atoms with E-state index in [2.05, 4.69) is 21.2 Å². The van der Waals surface area contributed by atoms with Crippen molar-refractivity contribution in [3.8, 4) is 0 Å². The molecule has 1 amide bonds. The van der Waals surface area contributed by atoms with Gasteiger partial charge in [0.1, 0.15) is 5.82 Å². The molecule has 0 aromatic heterocycles. The number of carbonyl (C=O) groups excluding carboxylic acids is 1. The van der Waals surface area contributed by atoms with Gasteiger partial charge in [0.15, 0.2) is 0 Å². The van der Waals surface area contributed by atoms with Crippen LogP contribution < -0.4 is 11.1 Å². The van der Waals surface area contributed by atoms with Crippen LogP contribution in [0.3, 0.4) is 0 Å². The topological polar surface area (TPSA) is 55.1 Å². The number of nitrogens with two attached hydrogens (primary N) is 1. The molecule has 3 N–H and O–H groups in total. The van der Waals surface area contributed by atoms with Gasteiger partial charge in [0.25, 0.3) is 0 Å². The molecule has 2 aromatic carbocycles. The Morgan fingerprint density at radius 1 is 1.19 bits per heavy atom. The van der Waals surface area contributed by atoms with Gasteiger partial charge < -0.3 is 11.1 Å². The van der Waals surface area contributed by atoms with Gasteiger partial charge in [-0.3, -0.25) is 4.79 Å². The lowest BCUT2D eigenvalue weighted by molar-refractivity contribution is -0.120. The van der Waals surface area contributed by atoms with Gasteiger partial charge in [-0.25, -0.2) is 4.39 Å². The first-order valence-corrected chi connectivity index (χ1v) is 7.22. The van der Waals surface area contributed by atoms with Crippen molar-refractivity contribution in [2.75, 3.05) is 11.1 Å². The Morgan fingerprint density at radius 3 is 2.38 bits per heavy atom. The van der Waals surface area contributed by atoms with Gasteiger partial charge in [-0.15, -0.1) is 0 Å². The molecule has 5 heteroatoms. The van der Waals surface area contributed by atoms with Crippen molar-refractivity contribution in [3.05, 3.63) is 58.3 Å². The number of nitrogen functional groups attached to an aromatic ring is 1. The molecule has 0 heterocycles. The zero-order valence-corrected chi connectivity index (χ0v) is 13.4. The van der Waals surface area contributed by atoms with Crippen molar-refractivity contribution < 1.29 is 9.18 Å². The van der Waals surface area contributed by atoms with E-state index in [9.17, 15) is 9.18 Å². The molecular formula is C16H16BrFN2O. The van der Waals surface area contributed by atoms with E-state index in [1.807, 2.05) is 26.0 Å². The number of amides is 1. The van der Waals surface area contributed by atoms with E-state index in [1.54, 1.807) is 24.3 Å². The maximum absolute atomic E-state index is 13.5. The van der Waals surface area contributed by atoms with Gasteiger partial charge in [0, 0.05) is 11.4 Å². The molecule has 2 aromatic rings. The third kappa shape index (κ3) is 3.42. The van der Waals surface area contributed by atoms with Crippen LogP contribution in [0.2, 0.25) is 0 Å². The molecule has 0 atom stereocenters. The van der Waals surface area contributed by atoms with Gasteiger partial charge in [0.2, 0.25) is 5.91 Å². The van der Waals surface area contributed by atoms with Gasteiger partial charge in [-0.1, -0.05) is 12.1 Å². The maximum atomic E-state index is 13.5. The van der Waals surface area contributed by atoms with Crippen LogP contribution in [0.15, 0.2) is 46.9 Å². The normalized spacial score (nSPS) is 11.2. The summed E-state index contributed by atoms with van der Waals surface area (Å²) in [6, 6.07) is 11.6. The summed E-state index contributed by atoms with van der Waals surface area (Å²) >= 11 is 3.08. The fraction of sp³-hybridized carbons (Fsp3) is 0.188. The second-order valence-corrected chi connectivity index (χ2v) is 6.18. The third-order valence-corrected chi connectivity index (χ3v) is 4.02. The minimum Gasteiger partial charge on any atom is -0.399 e. The maximum Gasteiger partial charge on any atom is 0.234 e. The van der Waals surface area contributed by atoms with E-state index in [-0.39, 0.29) is 5.91 Å². The summed E-state index contributed by atoms with van der Waals surface area (Å²) in [4.78, 5) is 12.4. The van der Waals surface area contributed by atoms with E-state index in [0.717, 1.165) is 5.56 Å². The molecule has 0 bridgehead atoms. The van der Waals surface area contributed by atoms with Crippen LogP contribution in [-0.2, 0) is 10.2 Å². The quantitative estimate of drug-likeness (QED) is 0.819. The highest BCUT2D eigenvalue weighted by Gasteiger charge is 2.29. The predicted octanol–water partition coefficient (Wildman–Crippen LogP) is 4.09. The Bertz CT molecular complexity index is 668. The fourth-order valence-electron chi connectivity index (χ4n) is 1.89. The largest absolute Gasteiger partial charge is 0.399 e. The average molecular weight is 351 g/mol. The zero-order chi connectivity index (χ0) is 15.6. The highest BCUT2D eigenvalue weighted by atomic mass is 79.9. The molecule has 0 spiro atoms. The van der Waals surface area contributed by atoms with E-state index in [1.165, 1.54) is 6.07 Å². The zero-order valence-electron chi connectivity index (χ0n) is 11.8. The fourth-order valence-corrected chi connectivity index (χ4v) is 2.14. The summed E-state index contributed by atoms with van der Waals surface area (Å²) in [6.45, 7) is 3.62. The highest BCUT2D eigenvalue weighted by Crippen LogP contribution is 2.27. The number of carbonyl (C=O) groups is 1. The average Bonchev–Trinajstić information content (AvgIpc) is 2.43. The number of nitrogens with one attached hydrogen (secondary N) is 1. The van der Waals surface area contributed by atoms with E-state index in [4.69, 9.17) is 5.73 Å². The van der Waals surface area contributed by atoms with Crippen molar-refractivity contribution in [2.24, 2.45) is 0 Å². The molecule has 0 radical (unpaired) electrons. The molecule has 0 aliphatic rings. The summed E-state index contributed by atoms with van der Waals surface area (Å²) in [5.41, 5.74) is 6.80. The second kappa shape index (κ2) is 5.85. The van der Waals surface area contributed by atoms with Crippen molar-refractivity contribution in [2.45, 2.75) is 19.3 Å². The van der Waals surface area contributed by atoms with Crippen LogP contribution in [0.4, 0.5) is 15.8 Å². The summed E-state index contributed by atoms with van der Waals surface area (Å²) < 4.78 is 13.8. The van der Waals surface area contributed by atoms with Crippen molar-refractivity contribution in [1.29, 1.82) is 0 Å². The number of rotatable bonds is 3. The first-order valence-electron chi connectivity index (χ1n) is 6.43. The number of anilines is 2. The van der Waals surface area contributed by atoms with Crippen LogP contribution in [-0.4, -0.2) is 5.91 Å². The van der Waals surface area contributed by atoms with Crippen molar-refractivity contribution in [1.82, 2.24) is 0 Å². The minimum absolute atomic E-state index is 0.214. The summed E-state index contributed by atoms with van der Waals surface area (Å²) in [5.74, 6) is -0.632. The van der Waals surface area contributed by atoms with E-state index in [0.29, 0.717) is 15.8 Å². The smallest absolute Gasteiger partial charge is 0.234 e. The van der Waals surface area contributed by atoms with Crippen molar-refractivity contribution >= 4 is 33.2 Å². The van der Waals surface area contributed by atoms with Crippen LogP contribution >= 0.6 is 15.9 Å². The Balaban J connectivity index is 2.21. The summed E-state index contributed by atoms with van der Waals surface area (Å²) in [7, 11) is 0. The molecule has 0 unspecified atom stereocenters. The molecule has 0 aliphatic heterocycles. The third-order valence-electron chi connectivity index (χ3n) is 3.38. The van der Waals surface area contributed by atoms with Crippen LogP contribution in [0.25, 0.3) is 0 Å². The number of hydrogen-bond donors (Lipinski definition) is 2. The molecular weight excluding hydrogens is 335 g/mol. The highest BCUT2D eigenvalue weighted by molar-refractivity contribution is 9.10.